The topological polar surface area (TPSA) is 104 Å². The summed E-state index contributed by atoms with van der Waals surface area (Å²) in [5.74, 6) is 0.815. The Morgan fingerprint density at radius 3 is 2.24 bits per heavy atom. The molecule has 0 amide bonds. The first-order chi connectivity index (χ1) is 9.96. The zero-order chi connectivity index (χ0) is 15.7. The monoisotopic (exact) mass is 294 g/mol. The number of methoxy groups -OCH3 is 3. The molecule has 1 heterocycles. The van der Waals surface area contributed by atoms with Crippen LogP contribution in [-0.2, 0) is 0 Å². The maximum absolute atomic E-state index is 11.8. The molecule has 2 rings (SSSR count). The van der Waals surface area contributed by atoms with Gasteiger partial charge < -0.3 is 19.2 Å². The lowest BCUT2D eigenvalue weighted by Gasteiger charge is -2.15. The SMILES string of the molecule is COc1cc2c([N+](=O)[O-])c(=O)[nH]c(C)c2c(OC)c1OC. The third kappa shape index (κ3) is 2.14. The predicted octanol–water partition coefficient (Wildman–Crippen LogP) is 1.77. The quantitative estimate of drug-likeness (QED) is 0.680. The zero-order valence-corrected chi connectivity index (χ0v) is 12.0. The van der Waals surface area contributed by atoms with Crippen molar-refractivity contribution in [2.24, 2.45) is 0 Å². The molecule has 1 N–H and O–H groups in total. The summed E-state index contributed by atoms with van der Waals surface area (Å²) in [6, 6.07) is 1.40. The highest BCUT2D eigenvalue weighted by atomic mass is 16.6. The van der Waals surface area contributed by atoms with E-state index in [1.54, 1.807) is 6.92 Å². The van der Waals surface area contributed by atoms with Crippen molar-refractivity contribution in [3.8, 4) is 17.2 Å². The number of aromatic nitrogens is 1. The number of aryl methyl sites for hydroxylation is 1. The van der Waals surface area contributed by atoms with Gasteiger partial charge in [-0.3, -0.25) is 14.9 Å². The normalized spacial score (nSPS) is 10.5. The summed E-state index contributed by atoms with van der Waals surface area (Å²) in [4.78, 5) is 24.7. The van der Waals surface area contributed by atoms with Crippen LogP contribution < -0.4 is 19.8 Å². The molecule has 0 unspecified atom stereocenters. The van der Waals surface area contributed by atoms with Crippen molar-refractivity contribution in [3.63, 3.8) is 0 Å². The largest absolute Gasteiger partial charge is 0.493 e. The first-order valence-corrected chi connectivity index (χ1v) is 5.96. The van der Waals surface area contributed by atoms with Crippen LogP contribution in [0.4, 0.5) is 5.69 Å². The number of nitrogens with one attached hydrogen (secondary N) is 1. The molecule has 0 saturated heterocycles. The lowest BCUT2D eigenvalue weighted by Crippen LogP contribution is -2.14. The molecule has 0 spiro atoms. The smallest absolute Gasteiger partial charge is 0.341 e. The number of hydrogen-bond acceptors (Lipinski definition) is 6. The fourth-order valence-corrected chi connectivity index (χ4v) is 2.31. The van der Waals surface area contributed by atoms with E-state index in [2.05, 4.69) is 4.98 Å². The third-order valence-corrected chi connectivity index (χ3v) is 3.16. The van der Waals surface area contributed by atoms with Crippen LogP contribution >= 0.6 is 0 Å². The van der Waals surface area contributed by atoms with E-state index in [-0.39, 0.29) is 16.9 Å². The summed E-state index contributed by atoms with van der Waals surface area (Å²) in [5, 5.41) is 11.7. The van der Waals surface area contributed by atoms with Crippen molar-refractivity contribution in [2.45, 2.75) is 6.92 Å². The second-order valence-corrected chi connectivity index (χ2v) is 4.25. The summed E-state index contributed by atoms with van der Waals surface area (Å²) in [7, 11) is 4.24. The van der Waals surface area contributed by atoms with Crippen LogP contribution in [0, 0.1) is 17.0 Å². The van der Waals surface area contributed by atoms with Gasteiger partial charge in [0.2, 0.25) is 5.75 Å². The van der Waals surface area contributed by atoms with Crippen LogP contribution in [0.5, 0.6) is 17.2 Å². The van der Waals surface area contributed by atoms with Crippen LogP contribution in [0.25, 0.3) is 10.8 Å². The van der Waals surface area contributed by atoms with Crippen molar-refractivity contribution < 1.29 is 19.1 Å². The average molecular weight is 294 g/mol. The van der Waals surface area contributed by atoms with Gasteiger partial charge in [-0.1, -0.05) is 0 Å². The molecule has 21 heavy (non-hydrogen) atoms. The zero-order valence-electron chi connectivity index (χ0n) is 12.0. The van der Waals surface area contributed by atoms with Gasteiger partial charge in [0.1, 0.15) is 0 Å². The average Bonchev–Trinajstić information content (AvgIpc) is 2.44. The molecule has 1 aromatic carbocycles. The molecule has 8 heteroatoms. The summed E-state index contributed by atoms with van der Waals surface area (Å²) >= 11 is 0. The lowest BCUT2D eigenvalue weighted by molar-refractivity contribution is -0.384. The molecular formula is C13H14N2O6. The molecule has 1 aromatic heterocycles. The molecule has 0 aliphatic rings. The molecule has 112 valence electrons. The van der Waals surface area contributed by atoms with Gasteiger partial charge in [-0.2, -0.15) is 0 Å². The van der Waals surface area contributed by atoms with E-state index < -0.39 is 16.2 Å². The molecule has 0 fully saturated rings. The minimum absolute atomic E-state index is 0.135. The maximum Gasteiger partial charge on any atom is 0.341 e. The van der Waals surface area contributed by atoms with Crippen molar-refractivity contribution in [1.29, 1.82) is 0 Å². The van der Waals surface area contributed by atoms with E-state index in [9.17, 15) is 14.9 Å². The Balaban J connectivity index is 3.11. The van der Waals surface area contributed by atoms with Gasteiger partial charge >= 0.3 is 11.2 Å². The van der Waals surface area contributed by atoms with Gasteiger partial charge in [-0.15, -0.1) is 0 Å². The van der Waals surface area contributed by atoms with Crippen LogP contribution in [0.2, 0.25) is 0 Å². The molecule has 8 nitrogen and oxygen atoms in total. The Bertz CT molecular complexity index is 781. The summed E-state index contributed by atoms with van der Waals surface area (Å²) in [5.41, 5.74) is -0.896. The Morgan fingerprint density at radius 2 is 1.76 bits per heavy atom. The molecule has 0 aliphatic heterocycles. The predicted molar refractivity (Wildman–Crippen MR) is 75.6 cm³/mol. The number of ether oxygens (including phenoxy) is 3. The van der Waals surface area contributed by atoms with E-state index in [4.69, 9.17) is 14.2 Å². The number of rotatable bonds is 4. The number of H-pyrrole nitrogens is 1. The first kappa shape index (κ1) is 14.6. The molecule has 0 radical (unpaired) electrons. The number of fused-ring (bicyclic) bond motifs is 1. The number of aromatic amines is 1. The van der Waals surface area contributed by atoms with Gasteiger partial charge in [0.25, 0.3) is 0 Å². The van der Waals surface area contributed by atoms with Crippen LogP contribution in [0.3, 0.4) is 0 Å². The number of nitrogens with zero attached hydrogens (tertiary/aromatic N) is 1. The standard InChI is InChI=1S/C13H14N2O6/c1-6-9-7(10(15(17)18)13(16)14-6)5-8(19-2)11(20-3)12(9)21-4/h5H,1-4H3,(H,14,16). The highest BCUT2D eigenvalue weighted by Gasteiger charge is 2.26. The van der Waals surface area contributed by atoms with Gasteiger partial charge in [-0.25, -0.2) is 0 Å². The van der Waals surface area contributed by atoms with Crippen molar-refractivity contribution in [1.82, 2.24) is 4.98 Å². The van der Waals surface area contributed by atoms with Gasteiger partial charge in [-0.05, 0) is 13.0 Å². The fraction of sp³-hybridized carbons (Fsp3) is 0.308. The number of pyridine rings is 1. The summed E-state index contributed by atoms with van der Waals surface area (Å²) in [6.07, 6.45) is 0. The van der Waals surface area contributed by atoms with E-state index in [1.807, 2.05) is 0 Å². The van der Waals surface area contributed by atoms with E-state index >= 15 is 0 Å². The van der Waals surface area contributed by atoms with E-state index in [0.717, 1.165) is 0 Å². The lowest BCUT2D eigenvalue weighted by atomic mass is 10.1. The van der Waals surface area contributed by atoms with E-state index in [1.165, 1.54) is 27.4 Å². The van der Waals surface area contributed by atoms with Crippen LogP contribution in [-0.4, -0.2) is 31.2 Å². The van der Waals surface area contributed by atoms with Gasteiger partial charge in [0.15, 0.2) is 11.5 Å². The number of nitro groups is 1. The van der Waals surface area contributed by atoms with Crippen molar-refractivity contribution in [3.05, 3.63) is 32.2 Å². The third-order valence-electron chi connectivity index (χ3n) is 3.16. The van der Waals surface area contributed by atoms with Gasteiger partial charge in [0, 0.05) is 5.69 Å². The molecule has 2 aromatic rings. The Morgan fingerprint density at radius 1 is 1.14 bits per heavy atom. The Labute approximate surface area is 119 Å². The molecule has 0 bridgehead atoms. The van der Waals surface area contributed by atoms with Crippen LogP contribution in [0.15, 0.2) is 10.9 Å². The fourth-order valence-electron chi connectivity index (χ4n) is 2.31. The second kappa shape index (κ2) is 5.31. The number of hydrogen-bond donors (Lipinski definition) is 1. The summed E-state index contributed by atoms with van der Waals surface area (Å²) in [6.45, 7) is 1.63. The highest BCUT2D eigenvalue weighted by molar-refractivity contribution is 5.99. The molecule has 0 atom stereocenters. The Kier molecular flexibility index (Phi) is 3.70. The van der Waals surface area contributed by atoms with Gasteiger partial charge in [0.05, 0.1) is 37.0 Å². The molecular weight excluding hydrogens is 280 g/mol. The van der Waals surface area contributed by atoms with Crippen molar-refractivity contribution in [2.75, 3.05) is 21.3 Å². The number of benzene rings is 1. The molecule has 0 aliphatic carbocycles. The highest BCUT2D eigenvalue weighted by Crippen LogP contribution is 2.45. The Hall–Kier alpha value is -2.77. The minimum Gasteiger partial charge on any atom is -0.493 e. The minimum atomic E-state index is -0.778. The van der Waals surface area contributed by atoms with Crippen LogP contribution in [0.1, 0.15) is 5.69 Å². The summed E-state index contributed by atoms with van der Waals surface area (Å²) < 4.78 is 15.7. The van der Waals surface area contributed by atoms with E-state index in [0.29, 0.717) is 16.8 Å². The maximum atomic E-state index is 11.8. The van der Waals surface area contributed by atoms with Crippen molar-refractivity contribution >= 4 is 16.5 Å². The molecule has 0 saturated carbocycles. The second-order valence-electron chi connectivity index (χ2n) is 4.25. The first-order valence-electron chi connectivity index (χ1n) is 5.96.